The number of nitrogens with zero attached hydrogens (tertiary/aromatic N) is 4. The van der Waals surface area contributed by atoms with E-state index < -0.39 is 0 Å². The van der Waals surface area contributed by atoms with E-state index in [2.05, 4.69) is 23.5 Å². The fraction of sp³-hybridized carbons (Fsp3) is 0.733. The van der Waals surface area contributed by atoms with Crippen LogP contribution in [0.5, 0.6) is 0 Å². The van der Waals surface area contributed by atoms with Crippen LogP contribution in [0.2, 0.25) is 0 Å². The molecule has 20 heavy (non-hydrogen) atoms. The monoisotopic (exact) mass is 296 g/mol. The Morgan fingerprint density at radius 3 is 2.65 bits per heavy atom. The molecule has 2 rings (SSSR count). The van der Waals surface area contributed by atoms with Crippen LogP contribution in [-0.4, -0.2) is 25.2 Å². The van der Waals surface area contributed by atoms with Crippen molar-refractivity contribution >= 4 is 22.8 Å². The second-order valence-corrected chi connectivity index (χ2v) is 6.27. The molecule has 0 aliphatic carbocycles. The molecule has 0 saturated carbocycles. The van der Waals surface area contributed by atoms with Gasteiger partial charge in [0.05, 0.1) is 5.69 Å². The molecule has 0 aliphatic rings. The summed E-state index contributed by atoms with van der Waals surface area (Å²) >= 11 is 5.91. The standard InChI is InChI=1S/C15H25ClN4/c1-11(2)7-5-6-10-20-13(8-9-16)17-14-12(3)18-19(4)15(14)20/h11H,5-10H2,1-4H3. The number of hydrogen-bond donors (Lipinski definition) is 0. The van der Waals surface area contributed by atoms with Crippen LogP contribution >= 0.6 is 11.6 Å². The Morgan fingerprint density at radius 1 is 1.25 bits per heavy atom. The third kappa shape index (κ3) is 3.17. The van der Waals surface area contributed by atoms with Gasteiger partial charge in [-0.3, -0.25) is 4.68 Å². The quantitative estimate of drug-likeness (QED) is 0.577. The number of fused-ring (bicyclic) bond motifs is 1. The molecule has 0 radical (unpaired) electrons. The summed E-state index contributed by atoms with van der Waals surface area (Å²) in [6, 6.07) is 0. The fourth-order valence-electron chi connectivity index (χ4n) is 2.71. The summed E-state index contributed by atoms with van der Waals surface area (Å²) < 4.78 is 4.25. The van der Waals surface area contributed by atoms with E-state index in [1.165, 1.54) is 19.3 Å². The smallest absolute Gasteiger partial charge is 0.158 e. The molecule has 2 aromatic heterocycles. The van der Waals surface area contributed by atoms with Gasteiger partial charge < -0.3 is 4.57 Å². The van der Waals surface area contributed by atoms with Gasteiger partial charge in [-0.25, -0.2) is 4.98 Å². The summed E-state index contributed by atoms with van der Waals surface area (Å²) in [5.41, 5.74) is 3.16. The lowest BCUT2D eigenvalue weighted by atomic mass is 10.1. The lowest BCUT2D eigenvalue weighted by Crippen LogP contribution is -2.08. The average Bonchev–Trinajstić information content (AvgIpc) is 2.85. The van der Waals surface area contributed by atoms with Gasteiger partial charge in [0.25, 0.3) is 0 Å². The molecule has 112 valence electrons. The Morgan fingerprint density at radius 2 is 2.00 bits per heavy atom. The molecule has 0 amide bonds. The lowest BCUT2D eigenvalue weighted by molar-refractivity contribution is 0.504. The highest BCUT2D eigenvalue weighted by molar-refractivity contribution is 6.17. The van der Waals surface area contributed by atoms with Crippen LogP contribution in [0.4, 0.5) is 0 Å². The Balaban J connectivity index is 2.21. The number of alkyl halides is 1. The molecular weight excluding hydrogens is 272 g/mol. The maximum atomic E-state index is 5.91. The van der Waals surface area contributed by atoms with E-state index in [0.29, 0.717) is 5.88 Å². The number of rotatable bonds is 7. The van der Waals surface area contributed by atoms with E-state index >= 15 is 0 Å². The topological polar surface area (TPSA) is 35.6 Å². The molecule has 0 aliphatic heterocycles. The second kappa shape index (κ2) is 6.61. The predicted molar refractivity (Wildman–Crippen MR) is 84.3 cm³/mol. The zero-order valence-corrected chi connectivity index (χ0v) is 13.7. The Bertz CT molecular complexity index is 568. The summed E-state index contributed by atoms with van der Waals surface area (Å²) in [4.78, 5) is 4.73. The van der Waals surface area contributed by atoms with Crippen molar-refractivity contribution in [2.24, 2.45) is 13.0 Å². The minimum absolute atomic E-state index is 0.613. The van der Waals surface area contributed by atoms with Gasteiger partial charge in [0, 0.05) is 25.9 Å². The van der Waals surface area contributed by atoms with Gasteiger partial charge in [0.1, 0.15) is 11.3 Å². The van der Waals surface area contributed by atoms with Gasteiger partial charge in [0.15, 0.2) is 5.65 Å². The number of halogens is 1. The highest BCUT2D eigenvalue weighted by Crippen LogP contribution is 2.20. The molecule has 0 N–H and O–H groups in total. The first-order valence-corrected chi connectivity index (χ1v) is 8.02. The Labute approximate surface area is 126 Å². The van der Waals surface area contributed by atoms with Crippen LogP contribution in [0.25, 0.3) is 11.2 Å². The third-order valence-electron chi connectivity index (χ3n) is 3.70. The first-order valence-electron chi connectivity index (χ1n) is 7.49. The largest absolute Gasteiger partial charge is 0.313 e. The number of imidazole rings is 1. The molecule has 4 nitrogen and oxygen atoms in total. The first kappa shape index (κ1) is 15.4. The van der Waals surface area contributed by atoms with Gasteiger partial charge in [-0.05, 0) is 19.3 Å². The van der Waals surface area contributed by atoms with Crippen LogP contribution in [0.15, 0.2) is 0 Å². The number of aromatic nitrogens is 4. The van der Waals surface area contributed by atoms with Crippen molar-refractivity contribution in [1.82, 2.24) is 19.3 Å². The van der Waals surface area contributed by atoms with Crippen LogP contribution in [0, 0.1) is 12.8 Å². The van der Waals surface area contributed by atoms with Gasteiger partial charge in [-0.2, -0.15) is 5.10 Å². The SMILES string of the molecule is Cc1nn(C)c2c1nc(CCCl)n2CCCCC(C)C. The molecule has 0 unspecified atom stereocenters. The highest BCUT2D eigenvalue weighted by Gasteiger charge is 2.16. The molecule has 0 bridgehead atoms. The van der Waals surface area contributed by atoms with Gasteiger partial charge >= 0.3 is 0 Å². The lowest BCUT2D eigenvalue weighted by Gasteiger charge is -2.10. The molecule has 5 heteroatoms. The van der Waals surface area contributed by atoms with Crippen molar-refractivity contribution in [3.8, 4) is 0 Å². The molecule has 2 heterocycles. The average molecular weight is 297 g/mol. The summed E-state index contributed by atoms with van der Waals surface area (Å²) in [5.74, 6) is 2.48. The van der Waals surface area contributed by atoms with E-state index in [-0.39, 0.29) is 0 Å². The van der Waals surface area contributed by atoms with Gasteiger partial charge in [-0.15, -0.1) is 11.6 Å². The van der Waals surface area contributed by atoms with E-state index in [9.17, 15) is 0 Å². The number of hydrogen-bond acceptors (Lipinski definition) is 2. The van der Waals surface area contributed by atoms with E-state index in [1.54, 1.807) is 0 Å². The Kier molecular flexibility index (Phi) is 5.08. The fourth-order valence-corrected chi connectivity index (χ4v) is 2.88. The summed E-state index contributed by atoms with van der Waals surface area (Å²) in [6.45, 7) is 7.58. The van der Waals surface area contributed by atoms with Crippen LogP contribution in [-0.2, 0) is 20.0 Å². The minimum Gasteiger partial charge on any atom is -0.313 e. The molecule has 0 spiro atoms. The second-order valence-electron chi connectivity index (χ2n) is 5.89. The van der Waals surface area contributed by atoms with Crippen molar-refractivity contribution in [2.75, 3.05) is 5.88 Å². The van der Waals surface area contributed by atoms with E-state index in [1.807, 2.05) is 18.7 Å². The summed E-state index contributed by atoms with van der Waals surface area (Å²) in [7, 11) is 1.99. The molecule has 0 fully saturated rings. The van der Waals surface area contributed by atoms with Gasteiger partial charge in [-0.1, -0.05) is 26.7 Å². The molecular formula is C15H25ClN4. The van der Waals surface area contributed by atoms with Crippen molar-refractivity contribution in [3.05, 3.63) is 11.5 Å². The van der Waals surface area contributed by atoms with Crippen LogP contribution in [0.3, 0.4) is 0 Å². The first-order chi connectivity index (χ1) is 9.54. The van der Waals surface area contributed by atoms with E-state index in [4.69, 9.17) is 16.6 Å². The molecule has 0 atom stereocenters. The molecule has 0 saturated heterocycles. The zero-order chi connectivity index (χ0) is 14.7. The maximum Gasteiger partial charge on any atom is 0.158 e. The highest BCUT2D eigenvalue weighted by atomic mass is 35.5. The van der Waals surface area contributed by atoms with Crippen molar-refractivity contribution in [2.45, 2.75) is 53.0 Å². The number of unbranched alkanes of at least 4 members (excludes halogenated alkanes) is 1. The van der Waals surface area contributed by atoms with Crippen molar-refractivity contribution in [1.29, 1.82) is 0 Å². The number of aryl methyl sites for hydroxylation is 4. The third-order valence-corrected chi connectivity index (χ3v) is 3.89. The predicted octanol–water partition coefficient (Wildman–Crippen LogP) is 3.69. The summed E-state index contributed by atoms with van der Waals surface area (Å²) in [6.07, 6.45) is 4.55. The molecule has 2 aromatic rings. The van der Waals surface area contributed by atoms with Gasteiger partial charge in [0.2, 0.25) is 0 Å². The normalized spacial score (nSPS) is 11.9. The van der Waals surface area contributed by atoms with Crippen LogP contribution < -0.4 is 0 Å². The zero-order valence-electron chi connectivity index (χ0n) is 13.0. The Hall–Kier alpha value is -1.03. The van der Waals surface area contributed by atoms with Crippen LogP contribution in [0.1, 0.15) is 44.6 Å². The van der Waals surface area contributed by atoms with Crippen molar-refractivity contribution < 1.29 is 0 Å². The van der Waals surface area contributed by atoms with E-state index in [0.717, 1.165) is 41.6 Å². The minimum atomic E-state index is 0.613. The summed E-state index contributed by atoms with van der Waals surface area (Å²) in [5, 5.41) is 4.47. The molecule has 0 aromatic carbocycles. The maximum absolute atomic E-state index is 5.91. The van der Waals surface area contributed by atoms with Crippen molar-refractivity contribution in [3.63, 3.8) is 0 Å².